The van der Waals surface area contributed by atoms with Crippen molar-refractivity contribution in [3.05, 3.63) is 71.6 Å². The summed E-state index contributed by atoms with van der Waals surface area (Å²) >= 11 is 0. The Morgan fingerprint density at radius 3 is 2.28 bits per heavy atom. The average Bonchev–Trinajstić information content (AvgIpc) is 3.68. The summed E-state index contributed by atoms with van der Waals surface area (Å²) in [6.07, 6.45) is 0.937. The van der Waals surface area contributed by atoms with E-state index in [1.54, 1.807) is 18.2 Å². The molecule has 1 amide bonds. The molecular formula is C27H29BF3N5O3. The number of nitrogens with two attached hydrogens (primary N) is 1. The molecule has 39 heavy (non-hydrogen) atoms. The van der Waals surface area contributed by atoms with Crippen molar-refractivity contribution >= 4 is 29.9 Å². The third kappa shape index (κ3) is 5.35. The number of hydrogen-bond acceptors (Lipinski definition) is 7. The van der Waals surface area contributed by atoms with Gasteiger partial charge in [-0.3, -0.25) is 4.79 Å². The molecule has 3 aromatic rings. The minimum absolute atomic E-state index is 0.0678. The Labute approximate surface area is 224 Å². The van der Waals surface area contributed by atoms with Crippen molar-refractivity contribution < 1.29 is 27.3 Å². The number of amides is 1. The van der Waals surface area contributed by atoms with Gasteiger partial charge in [0.2, 0.25) is 0 Å². The monoisotopic (exact) mass is 539 g/mol. The predicted octanol–water partition coefficient (Wildman–Crippen LogP) is 4.50. The minimum Gasteiger partial charge on any atom is -0.399 e. The lowest BCUT2D eigenvalue weighted by Gasteiger charge is -2.32. The Bertz CT molecular complexity index is 1380. The maximum Gasteiger partial charge on any atom is 0.496 e. The number of anilines is 2. The van der Waals surface area contributed by atoms with Gasteiger partial charge in [-0.25, -0.2) is 15.0 Å². The summed E-state index contributed by atoms with van der Waals surface area (Å²) in [4.78, 5) is 26.7. The molecular weight excluding hydrogens is 510 g/mol. The molecule has 0 bridgehead atoms. The molecule has 1 aromatic carbocycles. The van der Waals surface area contributed by atoms with Crippen LogP contribution in [0.25, 0.3) is 0 Å². The van der Waals surface area contributed by atoms with Gasteiger partial charge in [0.1, 0.15) is 5.82 Å². The molecule has 0 radical (unpaired) electrons. The third-order valence-electron chi connectivity index (χ3n) is 7.45. The van der Waals surface area contributed by atoms with Gasteiger partial charge in [-0.2, -0.15) is 13.2 Å². The number of aromatic nitrogens is 3. The average molecular weight is 539 g/mol. The van der Waals surface area contributed by atoms with Gasteiger partial charge in [-0.15, -0.1) is 0 Å². The number of nitrogen functional groups attached to an aromatic ring is 1. The van der Waals surface area contributed by atoms with E-state index in [0.29, 0.717) is 22.5 Å². The van der Waals surface area contributed by atoms with Gasteiger partial charge >= 0.3 is 13.3 Å². The maximum atomic E-state index is 13.9. The molecule has 0 atom stereocenters. The quantitative estimate of drug-likeness (QED) is 0.364. The Morgan fingerprint density at radius 2 is 1.72 bits per heavy atom. The molecule has 1 aliphatic carbocycles. The fourth-order valence-electron chi connectivity index (χ4n) is 4.35. The number of halogens is 3. The molecule has 5 rings (SSSR count). The van der Waals surface area contributed by atoms with Gasteiger partial charge in [-0.05, 0) is 64.3 Å². The number of nitrogens with zero attached hydrogens (tertiary/aromatic N) is 4. The lowest BCUT2D eigenvalue weighted by Crippen LogP contribution is -2.41. The SMILES string of the molecule is CC1(C)OB(c2ccc(CN(C(=O)c3cnc(C4CC4)nc3)c3cccnc3C(F)(F)F)cc2N)OC1(C)C. The highest BCUT2D eigenvalue weighted by molar-refractivity contribution is 6.63. The summed E-state index contributed by atoms with van der Waals surface area (Å²) in [5.41, 5.74) is 5.16. The van der Waals surface area contributed by atoms with Crippen LogP contribution in [0.4, 0.5) is 24.5 Å². The van der Waals surface area contributed by atoms with E-state index in [1.807, 2.05) is 27.7 Å². The second-order valence-electron chi connectivity index (χ2n) is 10.9. The summed E-state index contributed by atoms with van der Waals surface area (Å²) in [5, 5.41) is 0. The molecule has 2 aromatic heterocycles. The molecule has 204 valence electrons. The van der Waals surface area contributed by atoms with Gasteiger partial charge in [0.05, 0.1) is 29.0 Å². The van der Waals surface area contributed by atoms with Crippen molar-refractivity contribution in [3.8, 4) is 0 Å². The first kappa shape index (κ1) is 27.1. The first-order valence-corrected chi connectivity index (χ1v) is 12.7. The van der Waals surface area contributed by atoms with E-state index in [0.717, 1.165) is 23.9 Å². The number of alkyl halides is 3. The van der Waals surface area contributed by atoms with Gasteiger partial charge in [0.15, 0.2) is 5.69 Å². The van der Waals surface area contributed by atoms with Crippen LogP contribution >= 0.6 is 0 Å². The summed E-state index contributed by atoms with van der Waals surface area (Å²) in [5.74, 6) is 0.205. The summed E-state index contributed by atoms with van der Waals surface area (Å²) in [6.45, 7) is 7.50. The van der Waals surface area contributed by atoms with Crippen LogP contribution in [0.3, 0.4) is 0 Å². The Hall–Kier alpha value is -3.51. The van der Waals surface area contributed by atoms with E-state index in [2.05, 4.69) is 15.0 Å². The van der Waals surface area contributed by atoms with Crippen LogP contribution < -0.4 is 16.1 Å². The smallest absolute Gasteiger partial charge is 0.399 e. The van der Waals surface area contributed by atoms with Crippen LogP contribution in [-0.4, -0.2) is 39.2 Å². The zero-order chi connectivity index (χ0) is 28.2. The second kappa shape index (κ2) is 9.60. The fourth-order valence-corrected chi connectivity index (χ4v) is 4.35. The predicted molar refractivity (Wildman–Crippen MR) is 140 cm³/mol. The standard InChI is InChI=1S/C27H29BF3N5O3/c1-25(2)26(3,4)39-28(38-25)19-10-7-16(12-20(19)32)15-36(21-6-5-11-33-22(21)27(29,30)31)24(37)18-13-34-23(35-14-18)17-8-9-17/h5-7,10-14,17H,8-9,15,32H2,1-4H3. The molecule has 8 nitrogen and oxygen atoms in total. The normalized spacial score (nSPS) is 18.3. The van der Waals surface area contributed by atoms with Gasteiger partial charge < -0.3 is 19.9 Å². The first-order chi connectivity index (χ1) is 18.3. The molecule has 2 aliphatic rings. The van der Waals surface area contributed by atoms with E-state index < -0.39 is 36.1 Å². The molecule has 0 unspecified atom stereocenters. The van der Waals surface area contributed by atoms with Gasteiger partial charge in [0.25, 0.3) is 5.91 Å². The van der Waals surface area contributed by atoms with Crippen LogP contribution in [0.15, 0.2) is 48.9 Å². The fraction of sp³-hybridized carbons (Fsp3) is 0.407. The molecule has 2 fully saturated rings. The zero-order valence-corrected chi connectivity index (χ0v) is 22.1. The van der Waals surface area contributed by atoms with E-state index in [9.17, 15) is 18.0 Å². The van der Waals surface area contributed by atoms with Crippen LogP contribution in [0.5, 0.6) is 0 Å². The summed E-state index contributed by atoms with van der Waals surface area (Å²) in [6, 6.07) is 7.57. The Kier molecular flexibility index (Phi) is 6.66. The van der Waals surface area contributed by atoms with Gasteiger partial charge in [0, 0.05) is 35.7 Å². The second-order valence-corrected chi connectivity index (χ2v) is 10.9. The van der Waals surface area contributed by atoms with Crippen LogP contribution in [0.1, 0.15) is 73.9 Å². The molecule has 1 saturated carbocycles. The summed E-state index contributed by atoms with van der Waals surface area (Å²) < 4.78 is 53.9. The number of pyridine rings is 1. The topological polar surface area (TPSA) is 103 Å². The Morgan fingerprint density at radius 1 is 1.08 bits per heavy atom. The van der Waals surface area contributed by atoms with Crippen molar-refractivity contribution in [2.45, 2.75) is 70.4 Å². The van der Waals surface area contributed by atoms with E-state index in [4.69, 9.17) is 15.0 Å². The van der Waals surface area contributed by atoms with E-state index in [1.165, 1.54) is 24.5 Å². The number of rotatable bonds is 6. The van der Waals surface area contributed by atoms with Crippen molar-refractivity contribution in [1.29, 1.82) is 0 Å². The van der Waals surface area contributed by atoms with Crippen LogP contribution in [-0.2, 0) is 22.0 Å². The van der Waals surface area contributed by atoms with E-state index in [-0.39, 0.29) is 23.7 Å². The molecule has 2 N–H and O–H groups in total. The number of benzene rings is 1. The molecule has 1 saturated heterocycles. The van der Waals surface area contributed by atoms with Crippen molar-refractivity contribution in [1.82, 2.24) is 15.0 Å². The van der Waals surface area contributed by atoms with Crippen molar-refractivity contribution in [3.63, 3.8) is 0 Å². The molecule has 1 aliphatic heterocycles. The number of carbonyl (C=O) groups excluding carboxylic acids is 1. The highest BCUT2D eigenvalue weighted by atomic mass is 19.4. The van der Waals surface area contributed by atoms with Crippen molar-refractivity contribution in [2.24, 2.45) is 0 Å². The van der Waals surface area contributed by atoms with Crippen LogP contribution in [0, 0.1) is 0 Å². The minimum atomic E-state index is -4.78. The molecule has 0 spiro atoms. The summed E-state index contributed by atoms with van der Waals surface area (Å²) in [7, 11) is -0.709. The van der Waals surface area contributed by atoms with Crippen molar-refractivity contribution in [2.75, 3.05) is 10.6 Å². The van der Waals surface area contributed by atoms with Crippen LogP contribution in [0.2, 0.25) is 0 Å². The maximum absolute atomic E-state index is 13.9. The Balaban J connectivity index is 1.48. The lowest BCUT2D eigenvalue weighted by atomic mass is 9.77. The number of carbonyl (C=O) groups is 1. The molecule has 12 heteroatoms. The zero-order valence-electron chi connectivity index (χ0n) is 22.1. The highest BCUT2D eigenvalue weighted by Crippen LogP contribution is 2.39. The largest absolute Gasteiger partial charge is 0.496 e. The highest BCUT2D eigenvalue weighted by Gasteiger charge is 2.52. The third-order valence-corrected chi connectivity index (χ3v) is 7.45. The van der Waals surface area contributed by atoms with E-state index >= 15 is 0 Å². The number of hydrogen-bond donors (Lipinski definition) is 1. The lowest BCUT2D eigenvalue weighted by molar-refractivity contribution is -0.140. The first-order valence-electron chi connectivity index (χ1n) is 12.7. The molecule has 3 heterocycles. The van der Waals surface area contributed by atoms with Gasteiger partial charge in [-0.1, -0.05) is 12.1 Å².